The minimum Gasteiger partial charge on any atom is -0.493 e. The maximum atomic E-state index is 8.74. The molecule has 0 heterocycles. The molecule has 0 bridgehead atoms. The molecular formula is C16H26BrNO2. The predicted molar refractivity (Wildman–Crippen MR) is 87.1 cm³/mol. The van der Waals surface area contributed by atoms with E-state index < -0.39 is 0 Å². The summed E-state index contributed by atoms with van der Waals surface area (Å²) in [5.41, 5.74) is 1.18. The molecule has 0 unspecified atom stereocenters. The predicted octanol–water partition coefficient (Wildman–Crippen LogP) is 3.74. The first-order chi connectivity index (χ1) is 9.63. The molecule has 0 saturated heterocycles. The van der Waals surface area contributed by atoms with Gasteiger partial charge in [0.25, 0.3) is 0 Å². The Morgan fingerprint density at radius 2 is 2.05 bits per heavy atom. The number of hydrogen-bond donors (Lipinski definition) is 2. The third kappa shape index (κ3) is 7.27. The number of benzene rings is 1. The van der Waals surface area contributed by atoms with Gasteiger partial charge in [-0.25, -0.2) is 0 Å². The second-order valence-electron chi connectivity index (χ2n) is 5.41. The molecule has 114 valence electrons. The lowest BCUT2D eigenvalue weighted by Crippen LogP contribution is -2.19. The number of ether oxygens (including phenoxy) is 1. The molecule has 2 N–H and O–H groups in total. The molecule has 0 aliphatic carbocycles. The average molecular weight is 344 g/mol. The Bertz CT molecular complexity index is 383. The topological polar surface area (TPSA) is 41.5 Å². The van der Waals surface area contributed by atoms with Crippen LogP contribution in [0.25, 0.3) is 0 Å². The Hall–Kier alpha value is -0.580. The lowest BCUT2D eigenvalue weighted by atomic mass is 10.1. The monoisotopic (exact) mass is 343 g/mol. The van der Waals surface area contributed by atoms with Gasteiger partial charge >= 0.3 is 0 Å². The Kier molecular flexibility index (Phi) is 8.90. The van der Waals surface area contributed by atoms with Gasteiger partial charge in [-0.3, -0.25) is 0 Å². The number of aliphatic hydroxyl groups excluding tert-OH is 1. The number of nitrogens with one attached hydrogen (secondary N) is 1. The first kappa shape index (κ1) is 17.5. The van der Waals surface area contributed by atoms with Crippen LogP contribution in [0.4, 0.5) is 0 Å². The molecule has 1 aromatic carbocycles. The second-order valence-corrected chi connectivity index (χ2v) is 6.33. The first-order valence-corrected chi connectivity index (χ1v) is 8.15. The van der Waals surface area contributed by atoms with Crippen LogP contribution >= 0.6 is 15.9 Å². The molecule has 0 aromatic heterocycles. The van der Waals surface area contributed by atoms with Crippen molar-refractivity contribution in [2.24, 2.45) is 5.92 Å². The van der Waals surface area contributed by atoms with E-state index in [2.05, 4.69) is 41.2 Å². The molecule has 0 radical (unpaired) electrons. The van der Waals surface area contributed by atoms with E-state index in [9.17, 15) is 0 Å². The summed E-state index contributed by atoms with van der Waals surface area (Å²) in [5, 5.41) is 12.2. The van der Waals surface area contributed by atoms with Crippen molar-refractivity contribution in [3.8, 4) is 5.75 Å². The van der Waals surface area contributed by atoms with E-state index in [0.29, 0.717) is 12.5 Å². The molecule has 3 nitrogen and oxygen atoms in total. The van der Waals surface area contributed by atoms with E-state index in [1.165, 1.54) is 5.56 Å². The summed E-state index contributed by atoms with van der Waals surface area (Å²) in [6, 6.07) is 6.13. The van der Waals surface area contributed by atoms with E-state index in [1.54, 1.807) is 0 Å². The lowest BCUT2D eigenvalue weighted by Gasteiger charge is -2.13. The minimum atomic E-state index is 0.267. The fourth-order valence-electron chi connectivity index (χ4n) is 1.90. The Morgan fingerprint density at radius 1 is 1.25 bits per heavy atom. The van der Waals surface area contributed by atoms with Gasteiger partial charge < -0.3 is 15.2 Å². The number of aliphatic hydroxyl groups is 1. The normalized spacial score (nSPS) is 11.1. The summed E-state index contributed by atoms with van der Waals surface area (Å²) in [6.07, 6.45) is 2.84. The van der Waals surface area contributed by atoms with Crippen molar-refractivity contribution in [2.45, 2.75) is 39.7 Å². The van der Waals surface area contributed by atoms with E-state index in [0.717, 1.165) is 42.6 Å². The third-order valence-electron chi connectivity index (χ3n) is 2.95. The van der Waals surface area contributed by atoms with Crippen molar-refractivity contribution < 1.29 is 9.84 Å². The quantitative estimate of drug-likeness (QED) is 0.636. The van der Waals surface area contributed by atoms with Crippen molar-refractivity contribution >= 4 is 15.9 Å². The highest BCUT2D eigenvalue weighted by molar-refractivity contribution is 9.10. The van der Waals surface area contributed by atoms with Gasteiger partial charge in [0, 0.05) is 23.2 Å². The number of rotatable bonds is 10. The van der Waals surface area contributed by atoms with Gasteiger partial charge in [-0.2, -0.15) is 0 Å². The van der Waals surface area contributed by atoms with E-state index in [4.69, 9.17) is 9.84 Å². The van der Waals surface area contributed by atoms with Crippen LogP contribution in [0.5, 0.6) is 5.75 Å². The van der Waals surface area contributed by atoms with Crippen LogP contribution in [0.1, 0.15) is 38.7 Å². The SMILES string of the molecule is CC(C)CNCc1cc(Br)ccc1OCCCCCO. The van der Waals surface area contributed by atoms with Gasteiger partial charge in [-0.05, 0) is 49.9 Å². The summed E-state index contributed by atoms with van der Waals surface area (Å²) < 4.78 is 6.93. The zero-order chi connectivity index (χ0) is 14.8. The van der Waals surface area contributed by atoms with Crippen LogP contribution in [0.3, 0.4) is 0 Å². The first-order valence-electron chi connectivity index (χ1n) is 7.36. The zero-order valence-electron chi connectivity index (χ0n) is 12.5. The Labute approximate surface area is 130 Å². The summed E-state index contributed by atoms with van der Waals surface area (Å²) >= 11 is 3.51. The molecule has 0 aliphatic rings. The lowest BCUT2D eigenvalue weighted by molar-refractivity contribution is 0.265. The molecule has 0 atom stereocenters. The minimum absolute atomic E-state index is 0.267. The van der Waals surface area contributed by atoms with Gasteiger partial charge in [-0.15, -0.1) is 0 Å². The largest absolute Gasteiger partial charge is 0.493 e. The van der Waals surface area contributed by atoms with Gasteiger partial charge in [-0.1, -0.05) is 29.8 Å². The summed E-state index contributed by atoms with van der Waals surface area (Å²) in [6.45, 7) is 7.20. The highest BCUT2D eigenvalue weighted by Crippen LogP contribution is 2.23. The van der Waals surface area contributed by atoms with Gasteiger partial charge in [0.05, 0.1) is 6.61 Å². The van der Waals surface area contributed by atoms with Gasteiger partial charge in [0.1, 0.15) is 5.75 Å². The van der Waals surface area contributed by atoms with Crippen LogP contribution in [-0.4, -0.2) is 24.9 Å². The molecule has 1 rings (SSSR count). The molecule has 0 aliphatic heterocycles. The summed E-state index contributed by atoms with van der Waals surface area (Å²) in [4.78, 5) is 0. The number of unbranched alkanes of at least 4 members (excludes halogenated alkanes) is 2. The Balaban J connectivity index is 2.47. The van der Waals surface area contributed by atoms with Crippen LogP contribution in [0.15, 0.2) is 22.7 Å². The molecule has 0 saturated carbocycles. The van der Waals surface area contributed by atoms with Crippen molar-refractivity contribution in [3.05, 3.63) is 28.2 Å². The third-order valence-corrected chi connectivity index (χ3v) is 3.44. The van der Waals surface area contributed by atoms with Crippen molar-refractivity contribution in [1.29, 1.82) is 0 Å². The number of halogens is 1. The molecule has 0 amide bonds. The van der Waals surface area contributed by atoms with E-state index >= 15 is 0 Å². The summed E-state index contributed by atoms with van der Waals surface area (Å²) in [5.74, 6) is 1.60. The molecule has 4 heteroatoms. The van der Waals surface area contributed by atoms with E-state index in [-0.39, 0.29) is 6.61 Å². The van der Waals surface area contributed by atoms with Crippen LogP contribution in [-0.2, 0) is 6.54 Å². The Morgan fingerprint density at radius 3 is 2.75 bits per heavy atom. The van der Waals surface area contributed by atoms with Crippen molar-refractivity contribution in [2.75, 3.05) is 19.8 Å². The fraction of sp³-hybridized carbons (Fsp3) is 0.625. The van der Waals surface area contributed by atoms with Crippen LogP contribution in [0, 0.1) is 5.92 Å². The molecular weight excluding hydrogens is 318 g/mol. The van der Waals surface area contributed by atoms with Gasteiger partial charge in [0.2, 0.25) is 0 Å². The standard InChI is InChI=1S/C16H26BrNO2/c1-13(2)11-18-12-14-10-15(17)6-7-16(14)20-9-5-3-4-8-19/h6-7,10,13,18-19H,3-5,8-9,11-12H2,1-2H3. The molecule has 0 fully saturated rings. The maximum absolute atomic E-state index is 8.74. The average Bonchev–Trinajstić information content (AvgIpc) is 2.40. The van der Waals surface area contributed by atoms with E-state index in [1.807, 2.05) is 12.1 Å². The fourth-order valence-corrected chi connectivity index (χ4v) is 2.30. The van der Waals surface area contributed by atoms with Crippen molar-refractivity contribution in [1.82, 2.24) is 5.32 Å². The van der Waals surface area contributed by atoms with Crippen molar-refractivity contribution in [3.63, 3.8) is 0 Å². The van der Waals surface area contributed by atoms with Crippen LogP contribution in [0.2, 0.25) is 0 Å². The molecule has 0 spiro atoms. The molecule has 1 aromatic rings. The van der Waals surface area contributed by atoms with Crippen LogP contribution < -0.4 is 10.1 Å². The zero-order valence-corrected chi connectivity index (χ0v) is 14.1. The maximum Gasteiger partial charge on any atom is 0.123 e. The second kappa shape index (κ2) is 10.2. The molecule has 20 heavy (non-hydrogen) atoms. The summed E-state index contributed by atoms with van der Waals surface area (Å²) in [7, 11) is 0. The van der Waals surface area contributed by atoms with Gasteiger partial charge in [0.15, 0.2) is 0 Å². The highest BCUT2D eigenvalue weighted by Gasteiger charge is 2.05. The smallest absolute Gasteiger partial charge is 0.123 e. The highest BCUT2D eigenvalue weighted by atomic mass is 79.9. The number of hydrogen-bond acceptors (Lipinski definition) is 3.